The first kappa shape index (κ1) is 14.7. The van der Waals surface area contributed by atoms with Crippen LogP contribution in [0.25, 0.3) is 0 Å². The van der Waals surface area contributed by atoms with Crippen molar-refractivity contribution < 1.29 is 9.59 Å². The molecular weight excluding hydrogens is 300 g/mol. The quantitative estimate of drug-likeness (QED) is 0.795. The summed E-state index contributed by atoms with van der Waals surface area (Å²) < 4.78 is 1.47. The van der Waals surface area contributed by atoms with Gasteiger partial charge in [-0.15, -0.1) is 0 Å². The van der Waals surface area contributed by atoms with Crippen molar-refractivity contribution in [2.24, 2.45) is 5.92 Å². The van der Waals surface area contributed by atoms with Gasteiger partial charge in [0.15, 0.2) is 0 Å². The second-order valence-electron chi connectivity index (χ2n) is 4.23. The molecule has 0 aromatic carbocycles. The van der Waals surface area contributed by atoms with Gasteiger partial charge in [-0.2, -0.15) is 5.10 Å². The Balaban J connectivity index is 2.59. The summed E-state index contributed by atoms with van der Waals surface area (Å²) in [5.74, 6) is -0.0630. The molecule has 0 radical (unpaired) electrons. The summed E-state index contributed by atoms with van der Waals surface area (Å²) in [6.07, 6.45) is 3.13. The molecule has 0 aliphatic heterocycles. The van der Waals surface area contributed by atoms with Crippen molar-refractivity contribution in [1.82, 2.24) is 15.1 Å². The van der Waals surface area contributed by atoms with E-state index in [2.05, 4.69) is 31.7 Å². The molecule has 0 saturated carbocycles. The Morgan fingerprint density at radius 1 is 1.50 bits per heavy atom. The molecule has 1 atom stereocenters. The van der Waals surface area contributed by atoms with Gasteiger partial charge >= 0.3 is 0 Å². The number of rotatable bonds is 5. The van der Waals surface area contributed by atoms with E-state index < -0.39 is 0 Å². The van der Waals surface area contributed by atoms with Crippen LogP contribution in [0.4, 0.5) is 5.69 Å². The Hall–Kier alpha value is -1.37. The Labute approximate surface area is 114 Å². The fourth-order valence-electron chi connectivity index (χ4n) is 1.25. The smallest absolute Gasteiger partial charge is 0.241 e. The number of likely N-dealkylation sites (N-methyl/N-ethyl adjacent to an activating group) is 1. The fraction of sp³-hybridized carbons (Fsp3) is 0.545. The lowest BCUT2D eigenvalue weighted by Crippen LogP contribution is -2.26. The molecule has 2 N–H and O–H groups in total. The first-order valence-corrected chi connectivity index (χ1v) is 6.53. The maximum Gasteiger partial charge on any atom is 0.241 e. The molecule has 1 aromatic rings. The topological polar surface area (TPSA) is 76.0 Å². The lowest BCUT2D eigenvalue weighted by atomic mass is 10.1. The van der Waals surface area contributed by atoms with Crippen molar-refractivity contribution in [3.8, 4) is 0 Å². The maximum atomic E-state index is 11.8. The molecular formula is C11H17BrN4O2. The zero-order valence-electron chi connectivity index (χ0n) is 10.6. The van der Waals surface area contributed by atoms with Crippen molar-refractivity contribution in [1.29, 1.82) is 0 Å². The van der Waals surface area contributed by atoms with Crippen LogP contribution in [0.5, 0.6) is 0 Å². The number of carbonyl (C=O) groups excluding carboxylic acids is 2. The molecule has 6 nitrogen and oxygen atoms in total. The van der Waals surface area contributed by atoms with Crippen molar-refractivity contribution in [3.63, 3.8) is 0 Å². The van der Waals surface area contributed by atoms with E-state index in [4.69, 9.17) is 0 Å². The van der Waals surface area contributed by atoms with Gasteiger partial charge in [0.05, 0.1) is 16.7 Å². The predicted molar refractivity (Wildman–Crippen MR) is 72.5 cm³/mol. The number of hydrogen-bond acceptors (Lipinski definition) is 3. The number of aromatic nitrogens is 2. The molecule has 18 heavy (non-hydrogen) atoms. The summed E-state index contributed by atoms with van der Waals surface area (Å²) in [4.78, 5) is 22.7. The number of amides is 2. The predicted octanol–water partition coefficient (Wildman–Crippen LogP) is 0.987. The largest absolute Gasteiger partial charge is 0.358 e. The normalized spacial score (nSPS) is 12.3. The van der Waals surface area contributed by atoms with Crippen LogP contribution in [0.15, 0.2) is 12.4 Å². The van der Waals surface area contributed by atoms with Gasteiger partial charge in [0.2, 0.25) is 11.8 Å². The number of nitrogens with zero attached hydrogens (tertiary/aromatic N) is 2. The van der Waals surface area contributed by atoms with E-state index in [1.807, 2.05) is 13.8 Å². The summed E-state index contributed by atoms with van der Waals surface area (Å²) in [6, 6.07) is 0. The summed E-state index contributed by atoms with van der Waals surface area (Å²) in [6.45, 7) is 4.04. The van der Waals surface area contributed by atoms with Gasteiger partial charge in [-0.1, -0.05) is 29.8 Å². The molecule has 2 amide bonds. The Kier molecular flexibility index (Phi) is 5.33. The molecule has 1 rings (SSSR count). The molecule has 0 spiro atoms. The van der Waals surface area contributed by atoms with Crippen LogP contribution in [-0.4, -0.2) is 33.5 Å². The number of anilines is 1. The number of halogens is 1. The Morgan fingerprint density at radius 2 is 2.17 bits per heavy atom. The lowest BCUT2D eigenvalue weighted by Gasteiger charge is -2.12. The minimum Gasteiger partial charge on any atom is -0.358 e. The van der Waals surface area contributed by atoms with Crippen LogP contribution < -0.4 is 10.6 Å². The van der Waals surface area contributed by atoms with E-state index in [-0.39, 0.29) is 29.1 Å². The van der Waals surface area contributed by atoms with Gasteiger partial charge in [0.25, 0.3) is 0 Å². The molecule has 1 heterocycles. The van der Waals surface area contributed by atoms with Gasteiger partial charge in [-0.05, 0) is 5.92 Å². The van der Waals surface area contributed by atoms with Crippen LogP contribution in [0.1, 0.15) is 13.8 Å². The standard InChI is InChI=1S/C11H17BrN4O2/c1-7(2)10(12)11(18)15-8-4-14-16(5-8)6-9(17)13-3/h4-5,7,10H,6H2,1-3H3,(H,13,17)(H,15,18). The van der Waals surface area contributed by atoms with E-state index in [0.29, 0.717) is 5.69 Å². The van der Waals surface area contributed by atoms with Crippen LogP contribution >= 0.6 is 15.9 Å². The van der Waals surface area contributed by atoms with Gasteiger partial charge in [0, 0.05) is 13.2 Å². The number of hydrogen-bond donors (Lipinski definition) is 2. The van der Waals surface area contributed by atoms with Crippen LogP contribution in [0.2, 0.25) is 0 Å². The molecule has 100 valence electrons. The Bertz CT molecular complexity index is 430. The minimum atomic E-state index is -0.250. The van der Waals surface area contributed by atoms with Crippen LogP contribution in [0.3, 0.4) is 0 Å². The Morgan fingerprint density at radius 3 is 2.72 bits per heavy atom. The molecule has 0 aliphatic carbocycles. The average Bonchev–Trinajstić information content (AvgIpc) is 2.74. The third kappa shape index (κ3) is 4.14. The summed E-state index contributed by atoms with van der Waals surface area (Å²) in [5.41, 5.74) is 0.578. The number of alkyl halides is 1. The van der Waals surface area contributed by atoms with E-state index >= 15 is 0 Å². The van der Waals surface area contributed by atoms with Crippen LogP contribution in [-0.2, 0) is 16.1 Å². The van der Waals surface area contributed by atoms with Gasteiger partial charge in [-0.3, -0.25) is 14.3 Å². The lowest BCUT2D eigenvalue weighted by molar-refractivity contribution is -0.121. The third-order valence-electron chi connectivity index (χ3n) is 2.32. The minimum absolute atomic E-state index is 0.121. The van der Waals surface area contributed by atoms with Gasteiger partial charge < -0.3 is 10.6 Å². The highest BCUT2D eigenvalue weighted by Gasteiger charge is 2.19. The second kappa shape index (κ2) is 6.53. The maximum absolute atomic E-state index is 11.8. The summed E-state index contributed by atoms with van der Waals surface area (Å²) in [5, 5.41) is 9.22. The number of nitrogens with one attached hydrogen (secondary N) is 2. The molecule has 0 saturated heterocycles. The van der Waals surface area contributed by atoms with E-state index in [0.717, 1.165) is 0 Å². The van der Waals surface area contributed by atoms with E-state index in [9.17, 15) is 9.59 Å². The monoisotopic (exact) mass is 316 g/mol. The molecule has 0 fully saturated rings. The zero-order valence-corrected chi connectivity index (χ0v) is 12.2. The van der Waals surface area contributed by atoms with Crippen molar-refractivity contribution >= 4 is 33.4 Å². The van der Waals surface area contributed by atoms with Crippen molar-refractivity contribution in [2.75, 3.05) is 12.4 Å². The second-order valence-corrected chi connectivity index (χ2v) is 5.22. The average molecular weight is 317 g/mol. The third-order valence-corrected chi connectivity index (χ3v) is 3.79. The SMILES string of the molecule is CNC(=O)Cn1cc(NC(=O)C(Br)C(C)C)cn1. The van der Waals surface area contributed by atoms with Crippen molar-refractivity contribution in [3.05, 3.63) is 12.4 Å². The zero-order chi connectivity index (χ0) is 13.7. The van der Waals surface area contributed by atoms with E-state index in [1.54, 1.807) is 13.2 Å². The van der Waals surface area contributed by atoms with Gasteiger partial charge in [0.1, 0.15) is 6.54 Å². The molecule has 0 bridgehead atoms. The molecule has 7 heteroatoms. The highest BCUT2D eigenvalue weighted by atomic mass is 79.9. The van der Waals surface area contributed by atoms with E-state index in [1.165, 1.54) is 10.9 Å². The fourth-order valence-corrected chi connectivity index (χ4v) is 1.37. The molecule has 1 unspecified atom stereocenters. The van der Waals surface area contributed by atoms with Crippen LogP contribution in [0, 0.1) is 5.92 Å². The number of carbonyl (C=O) groups is 2. The van der Waals surface area contributed by atoms with Gasteiger partial charge in [-0.25, -0.2) is 0 Å². The summed E-state index contributed by atoms with van der Waals surface area (Å²) >= 11 is 3.32. The first-order valence-electron chi connectivity index (χ1n) is 5.62. The highest BCUT2D eigenvalue weighted by molar-refractivity contribution is 9.10. The highest BCUT2D eigenvalue weighted by Crippen LogP contribution is 2.15. The first-order chi connectivity index (χ1) is 8.43. The van der Waals surface area contributed by atoms with Crippen molar-refractivity contribution in [2.45, 2.75) is 25.2 Å². The molecule has 1 aromatic heterocycles. The molecule has 0 aliphatic rings. The summed E-state index contributed by atoms with van der Waals surface area (Å²) in [7, 11) is 1.56.